The van der Waals surface area contributed by atoms with Crippen molar-refractivity contribution in [3.05, 3.63) is 0 Å². The van der Waals surface area contributed by atoms with E-state index in [9.17, 15) is 9.59 Å². The summed E-state index contributed by atoms with van der Waals surface area (Å²) in [5, 5.41) is 8.97. The van der Waals surface area contributed by atoms with Gasteiger partial charge in [-0.3, -0.25) is 9.59 Å². The predicted molar refractivity (Wildman–Crippen MR) is 70.3 cm³/mol. The zero-order chi connectivity index (χ0) is 13.4. The molecule has 1 heterocycles. The maximum atomic E-state index is 11.9. The van der Waals surface area contributed by atoms with Gasteiger partial charge in [-0.15, -0.1) is 0 Å². The number of unbranched alkanes of at least 4 members (excludes halogenated alkanes) is 4. The van der Waals surface area contributed by atoms with Gasteiger partial charge in [0.1, 0.15) is 0 Å². The van der Waals surface area contributed by atoms with Crippen LogP contribution in [0.2, 0.25) is 0 Å². The Labute approximate surface area is 109 Å². The van der Waals surface area contributed by atoms with Gasteiger partial charge in [-0.1, -0.05) is 32.6 Å². The Hall–Kier alpha value is -1.06. The highest BCUT2D eigenvalue weighted by Gasteiger charge is 2.27. The summed E-state index contributed by atoms with van der Waals surface area (Å²) in [5.41, 5.74) is 0. The van der Waals surface area contributed by atoms with Crippen molar-refractivity contribution in [1.29, 1.82) is 0 Å². The Morgan fingerprint density at radius 3 is 2.61 bits per heavy atom. The number of hydrogen-bond donors (Lipinski definition) is 1. The molecule has 1 saturated heterocycles. The van der Waals surface area contributed by atoms with Gasteiger partial charge in [-0.05, 0) is 19.3 Å². The summed E-state index contributed by atoms with van der Waals surface area (Å²) in [4.78, 5) is 24.6. The van der Waals surface area contributed by atoms with E-state index in [0.29, 0.717) is 19.4 Å². The van der Waals surface area contributed by atoms with Crippen molar-refractivity contribution in [3.8, 4) is 0 Å². The SMILES string of the molecule is CCCCCCCC(=O)N1CCC[C@H](C(=O)O)C1. The normalized spacial score (nSPS) is 19.8. The molecular formula is C14H25NO3. The average molecular weight is 255 g/mol. The summed E-state index contributed by atoms with van der Waals surface area (Å²) in [7, 11) is 0. The highest BCUT2D eigenvalue weighted by molar-refractivity contribution is 5.78. The van der Waals surface area contributed by atoms with E-state index in [0.717, 1.165) is 25.8 Å². The molecule has 0 aliphatic carbocycles. The Morgan fingerprint density at radius 1 is 1.22 bits per heavy atom. The lowest BCUT2D eigenvalue weighted by Gasteiger charge is -2.30. The van der Waals surface area contributed by atoms with Gasteiger partial charge >= 0.3 is 5.97 Å². The maximum Gasteiger partial charge on any atom is 0.308 e. The van der Waals surface area contributed by atoms with E-state index in [1.54, 1.807) is 4.90 Å². The van der Waals surface area contributed by atoms with Crippen LogP contribution in [0, 0.1) is 5.92 Å². The zero-order valence-corrected chi connectivity index (χ0v) is 11.4. The van der Waals surface area contributed by atoms with Gasteiger partial charge in [0.25, 0.3) is 0 Å². The molecule has 0 radical (unpaired) electrons. The van der Waals surface area contributed by atoms with E-state index in [4.69, 9.17) is 5.11 Å². The Morgan fingerprint density at radius 2 is 1.94 bits per heavy atom. The van der Waals surface area contributed by atoms with Gasteiger partial charge < -0.3 is 10.0 Å². The number of hydrogen-bond acceptors (Lipinski definition) is 2. The lowest BCUT2D eigenvalue weighted by atomic mass is 9.98. The van der Waals surface area contributed by atoms with Crippen LogP contribution in [0.4, 0.5) is 0 Å². The third-order valence-corrected chi connectivity index (χ3v) is 3.62. The van der Waals surface area contributed by atoms with E-state index < -0.39 is 5.97 Å². The molecule has 18 heavy (non-hydrogen) atoms. The van der Waals surface area contributed by atoms with Crippen LogP contribution in [0.5, 0.6) is 0 Å². The van der Waals surface area contributed by atoms with Crippen LogP contribution in [0.15, 0.2) is 0 Å². The van der Waals surface area contributed by atoms with Gasteiger partial charge in [-0.25, -0.2) is 0 Å². The maximum absolute atomic E-state index is 11.9. The number of nitrogens with zero attached hydrogens (tertiary/aromatic N) is 1. The standard InChI is InChI=1S/C14H25NO3/c1-2-3-4-5-6-9-13(16)15-10-7-8-12(11-15)14(17)18/h12H,2-11H2,1H3,(H,17,18)/t12-/m0/s1. The fourth-order valence-corrected chi connectivity index (χ4v) is 2.44. The minimum absolute atomic E-state index is 0.137. The molecule has 4 nitrogen and oxygen atoms in total. The molecular weight excluding hydrogens is 230 g/mol. The summed E-state index contributed by atoms with van der Waals surface area (Å²) >= 11 is 0. The predicted octanol–water partition coefficient (Wildman–Crippen LogP) is 2.67. The van der Waals surface area contributed by atoms with Crippen LogP contribution in [-0.4, -0.2) is 35.0 Å². The zero-order valence-electron chi connectivity index (χ0n) is 11.4. The number of carboxylic acids is 1. The molecule has 0 aromatic carbocycles. The quantitative estimate of drug-likeness (QED) is 0.711. The van der Waals surface area contributed by atoms with Crippen molar-refractivity contribution in [3.63, 3.8) is 0 Å². The summed E-state index contributed by atoms with van der Waals surface area (Å²) < 4.78 is 0. The van der Waals surface area contributed by atoms with Crippen LogP contribution in [0.1, 0.15) is 58.3 Å². The summed E-state index contributed by atoms with van der Waals surface area (Å²) in [6, 6.07) is 0. The van der Waals surface area contributed by atoms with E-state index >= 15 is 0 Å². The first kappa shape index (κ1) is 15.0. The molecule has 0 aromatic heterocycles. The van der Waals surface area contributed by atoms with E-state index in [1.165, 1.54) is 19.3 Å². The monoisotopic (exact) mass is 255 g/mol. The summed E-state index contributed by atoms with van der Waals surface area (Å²) in [5.74, 6) is -0.990. The van der Waals surface area contributed by atoms with Crippen LogP contribution in [-0.2, 0) is 9.59 Å². The molecule has 4 heteroatoms. The van der Waals surface area contributed by atoms with E-state index in [2.05, 4.69) is 6.92 Å². The molecule has 0 bridgehead atoms. The molecule has 1 aliphatic rings. The minimum atomic E-state index is -0.768. The first-order valence-corrected chi connectivity index (χ1v) is 7.15. The first-order valence-electron chi connectivity index (χ1n) is 7.15. The largest absolute Gasteiger partial charge is 0.481 e. The molecule has 0 aromatic rings. The van der Waals surface area contributed by atoms with Crippen molar-refractivity contribution in [2.75, 3.05) is 13.1 Å². The van der Waals surface area contributed by atoms with E-state index in [1.807, 2.05) is 0 Å². The summed E-state index contributed by atoms with van der Waals surface area (Å²) in [6.45, 7) is 3.31. The number of likely N-dealkylation sites (tertiary alicyclic amines) is 1. The van der Waals surface area contributed by atoms with Gasteiger partial charge in [0.15, 0.2) is 0 Å². The van der Waals surface area contributed by atoms with Gasteiger partial charge in [0, 0.05) is 19.5 Å². The topological polar surface area (TPSA) is 57.6 Å². The number of carboxylic acid groups (broad SMARTS) is 1. The molecule has 1 atom stereocenters. The van der Waals surface area contributed by atoms with Crippen LogP contribution >= 0.6 is 0 Å². The fraction of sp³-hybridized carbons (Fsp3) is 0.857. The molecule has 1 rings (SSSR count). The smallest absolute Gasteiger partial charge is 0.308 e. The third kappa shape index (κ3) is 5.07. The number of rotatable bonds is 7. The highest BCUT2D eigenvalue weighted by Crippen LogP contribution is 2.18. The number of carbonyl (C=O) groups excluding carboxylic acids is 1. The van der Waals surface area contributed by atoms with Gasteiger partial charge in [-0.2, -0.15) is 0 Å². The number of piperidine rings is 1. The second-order valence-electron chi connectivity index (χ2n) is 5.18. The van der Waals surface area contributed by atoms with Gasteiger partial charge in [0.05, 0.1) is 5.92 Å². The molecule has 1 fully saturated rings. The number of aliphatic carboxylic acids is 1. The third-order valence-electron chi connectivity index (χ3n) is 3.62. The molecule has 1 aliphatic heterocycles. The number of amides is 1. The molecule has 0 unspecified atom stereocenters. The molecule has 0 spiro atoms. The lowest BCUT2D eigenvalue weighted by Crippen LogP contribution is -2.42. The first-order chi connectivity index (χ1) is 8.65. The van der Waals surface area contributed by atoms with Crippen molar-refractivity contribution < 1.29 is 14.7 Å². The van der Waals surface area contributed by atoms with Crippen LogP contribution in [0.3, 0.4) is 0 Å². The van der Waals surface area contributed by atoms with Crippen LogP contribution in [0.25, 0.3) is 0 Å². The van der Waals surface area contributed by atoms with E-state index in [-0.39, 0.29) is 11.8 Å². The fourth-order valence-electron chi connectivity index (χ4n) is 2.44. The highest BCUT2D eigenvalue weighted by atomic mass is 16.4. The Balaban J connectivity index is 2.22. The van der Waals surface area contributed by atoms with Crippen LogP contribution < -0.4 is 0 Å². The Bertz CT molecular complexity index is 278. The molecule has 1 N–H and O–H groups in total. The van der Waals surface area contributed by atoms with Crippen molar-refractivity contribution >= 4 is 11.9 Å². The average Bonchev–Trinajstić information content (AvgIpc) is 2.38. The Kier molecular flexibility index (Phi) is 6.76. The summed E-state index contributed by atoms with van der Waals surface area (Å²) in [6.07, 6.45) is 7.79. The van der Waals surface area contributed by atoms with Crippen molar-refractivity contribution in [2.45, 2.75) is 58.3 Å². The number of carbonyl (C=O) groups is 2. The second kappa shape index (κ2) is 8.11. The van der Waals surface area contributed by atoms with Crippen molar-refractivity contribution in [1.82, 2.24) is 4.90 Å². The minimum Gasteiger partial charge on any atom is -0.481 e. The van der Waals surface area contributed by atoms with Gasteiger partial charge in [0.2, 0.25) is 5.91 Å². The molecule has 104 valence electrons. The second-order valence-corrected chi connectivity index (χ2v) is 5.18. The molecule has 0 saturated carbocycles. The lowest BCUT2D eigenvalue weighted by molar-refractivity contribution is -0.145. The van der Waals surface area contributed by atoms with Crippen molar-refractivity contribution in [2.24, 2.45) is 5.92 Å². The molecule has 1 amide bonds.